The molecule has 0 bridgehead atoms. The summed E-state index contributed by atoms with van der Waals surface area (Å²) in [7, 11) is 0. The van der Waals surface area contributed by atoms with Crippen LogP contribution in [0.25, 0.3) is 0 Å². The van der Waals surface area contributed by atoms with Gasteiger partial charge >= 0.3 is 0 Å². The lowest BCUT2D eigenvalue weighted by Crippen LogP contribution is -1.97. The molecule has 1 aromatic carbocycles. The van der Waals surface area contributed by atoms with Gasteiger partial charge in [0, 0.05) is 20.7 Å². The van der Waals surface area contributed by atoms with Crippen LogP contribution in [0.15, 0.2) is 47.5 Å². The fourth-order valence-electron chi connectivity index (χ4n) is 1.36. The predicted octanol–water partition coefficient (Wildman–Crippen LogP) is 3.99. The molecule has 0 saturated heterocycles. The van der Waals surface area contributed by atoms with Gasteiger partial charge in [-0.3, -0.25) is 0 Å². The number of halogens is 1. The third-order valence-electron chi connectivity index (χ3n) is 2.24. The Kier molecular flexibility index (Phi) is 4.67. The Balaban J connectivity index is 2.02. The maximum absolute atomic E-state index is 5.65. The van der Waals surface area contributed by atoms with E-state index in [9.17, 15) is 0 Å². The first-order valence-electron chi connectivity index (χ1n) is 5.16. The molecule has 88 valence electrons. The van der Waals surface area contributed by atoms with Gasteiger partial charge in [0.25, 0.3) is 0 Å². The summed E-state index contributed by atoms with van der Waals surface area (Å²) in [6, 6.07) is 12.1. The van der Waals surface area contributed by atoms with E-state index in [1.54, 1.807) is 11.8 Å². The van der Waals surface area contributed by atoms with Crippen molar-refractivity contribution >= 4 is 34.4 Å². The lowest BCUT2D eigenvalue weighted by Gasteiger charge is -2.07. The predicted molar refractivity (Wildman–Crippen MR) is 79.5 cm³/mol. The minimum atomic E-state index is 0.558. The molecule has 0 fully saturated rings. The molecule has 0 saturated carbocycles. The second kappa shape index (κ2) is 6.26. The van der Waals surface area contributed by atoms with Crippen LogP contribution >= 0.6 is 34.4 Å². The molecule has 2 aromatic rings. The van der Waals surface area contributed by atoms with Crippen molar-refractivity contribution in [1.82, 2.24) is 4.98 Å². The molecular formula is C13H12INOS. The Bertz CT molecular complexity index is 490. The number of thioether (sulfide) groups is 1. The summed E-state index contributed by atoms with van der Waals surface area (Å²) in [5, 5.41) is 0. The highest BCUT2D eigenvalue weighted by atomic mass is 127. The molecule has 0 N–H and O–H groups in total. The van der Waals surface area contributed by atoms with E-state index in [0.717, 1.165) is 5.56 Å². The van der Waals surface area contributed by atoms with Crippen molar-refractivity contribution in [2.75, 3.05) is 6.26 Å². The fraction of sp³-hybridized carbons (Fsp3) is 0.154. The summed E-state index contributed by atoms with van der Waals surface area (Å²) < 4.78 is 6.82. The summed E-state index contributed by atoms with van der Waals surface area (Å²) in [5.41, 5.74) is 1.15. The Morgan fingerprint density at radius 2 is 2.06 bits per heavy atom. The number of hydrogen-bond donors (Lipinski definition) is 0. The molecule has 0 aliphatic carbocycles. The zero-order chi connectivity index (χ0) is 12.1. The first-order chi connectivity index (χ1) is 8.29. The van der Waals surface area contributed by atoms with Gasteiger partial charge in [0.2, 0.25) is 5.88 Å². The summed E-state index contributed by atoms with van der Waals surface area (Å²) in [5.74, 6) is 0.677. The molecule has 1 heterocycles. The average molecular weight is 357 g/mol. The minimum absolute atomic E-state index is 0.558. The zero-order valence-corrected chi connectivity index (χ0v) is 12.4. The standard InChI is InChI=1S/C13H12INOS/c1-17-12-8-15-13(7-11(12)14)16-9-10-5-3-2-4-6-10/h2-8H,9H2,1H3. The molecule has 2 nitrogen and oxygen atoms in total. The van der Waals surface area contributed by atoms with Crippen molar-refractivity contribution in [3.05, 3.63) is 51.7 Å². The van der Waals surface area contributed by atoms with Crippen LogP contribution in [-0.2, 0) is 6.61 Å². The normalized spacial score (nSPS) is 10.2. The monoisotopic (exact) mass is 357 g/mol. The smallest absolute Gasteiger partial charge is 0.214 e. The first kappa shape index (κ1) is 12.7. The van der Waals surface area contributed by atoms with Crippen LogP contribution < -0.4 is 4.74 Å². The van der Waals surface area contributed by atoms with E-state index < -0.39 is 0 Å². The second-order valence-electron chi connectivity index (χ2n) is 3.43. The van der Waals surface area contributed by atoms with Gasteiger partial charge in [0.1, 0.15) is 6.61 Å². The highest BCUT2D eigenvalue weighted by molar-refractivity contribution is 14.1. The van der Waals surface area contributed by atoms with Gasteiger partial charge in [-0.2, -0.15) is 0 Å². The van der Waals surface area contributed by atoms with E-state index in [1.165, 1.54) is 8.47 Å². The highest BCUT2D eigenvalue weighted by Crippen LogP contribution is 2.24. The topological polar surface area (TPSA) is 22.1 Å². The summed E-state index contributed by atoms with van der Waals surface area (Å²) >= 11 is 3.99. The van der Waals surface area contributed by atoms with Crippen molar-refractivity contribution in [2.24, 2.45) is 0 Å². The fourth-order valence-corrected chi connectivity index (χ4v) is 2.84. The largest absolute Gasteiger partial charge is 0.473 e. The van der Waals surface area contributed by atoms with Gasteiger partial charge in [-0.25, -0.2) is 4.98 Å². The number of ether oxygens (including phenoxy) is 1. The summed E-state index contributed by atoms with van der Waals surface area (Å²) in [6.07, 6.45) is 3.90. The van der Waals surface area contributed by atoms with Crippen LogP contribution in [0, 0.1) is 3.57 Å². The Morgan fingerprint density at radius 1 is 1.29 bits per heavy atom. The third kappa shape index (κ3) is 3.61. The minimum Gasteiger partial charge on any atom is -0.473 e. The highest BCUT2D eigenvalue weighted by Gasteiger charge is 2.02. The van der Waals surface area contributed by atoms with E-state index in [1.807, 2.05) is 48.9 Å². The van der Waals surface area contributed by atoms with Gasteiger partial charge in [0.05, 0.1) is 0 Å². The molecule has 2 rings (SSSR count). The average Bonchev–Trinajstić information content (AvgIpc) is 2.38. The molecule has 17 heavy (non-hydrogen) atoms. The van der Waals surface area contributed by atoms with E-state index in [2.05, 4.69) is 27.6 Å². The number of pyridine rings is 1. The number of rotatable bonds is 4. The molecule has 0 spiro atoms. The number of hydrogen-bond acceptors (Lipinski definition) is 3. The summed E-state index contributed by atoms with van der Waals surface area (Å²) in [6.45, 7) is 0.558. The van der Waals surface area contributed by atoms with E-state index in [0.29, 0.717) is 12.5 Å². The molecule has 1 aromatic heterocycles. The molecule has 0 unspecified atom stereocenters. The van der Waals surface area contributed by atoms with Gasteiger partial charge in [0.15, 0.2) is 0 Å². The summed E-state index contributed by atoms with van der Waals surface area (Å²) in [4.78, 5) is 5.46. The molecule has 0 amide bonds. The van der Waals surface area contributed by atoms with E-state index in [-0.39, 0.29) is 0 Å². The quantitative estimate of drug-likeness (QED) is 0.610. The van der Waals surface area contributed by atoms with Crippen LogP contribution in [0.2, 0.25) is 0 Å². The van der Waals surface area contributed by atoms with Crippen LogP contribution in [0.3, 0.4) is 0 Å². The van der Waals surface area contributed by atoms with Crippen molar-refractivity contribution < 1.29 is 4.74 Å². The first-order valence-corrected chi connectivity index (χ1v) is 7.46. The Morgan fingerprint density at radius 3 is 2.71 bits per heavy atom. The Hall–Kier alpha value is -0.750. The van der Waals surface area contributed by atoms with Gasteiger partial charge in [-0.05, 0) is 34.4 Å². The van der Waals surface area contributed by atoms with Gasteiger partial charge in [-0.1, -0.05) is 30.3 Å². The van der Waals surface area contributed by atoms with E-state index >= 15 is 0 Å². The molecule has 0 aliphatic rings. The van der Waals surface area contributed by atoms with Gasteiger partial charge in [-0.15, -0.1) is 11.8 Å². The maximum atomic E-state index is 5.65. The molecule has 0 radical (unpaired) electrons. The third-order valence-corrected chi connectivity index (χ3v) is 4.27. The maximum Gasteiger partial charge on any atom is 0.214 e. The lowest BCUT2D eigenvalue weighted by atomic mass is 10.2. The second-order valence-corrected chi connectivity index (χ2v) is 5.44. The Labute approximate surface area is 119 Å². The zero-order valence-electron chi connectivity index (χ0n) is 9.39. The van der Waals surface area contributed by atoms with Crippen LogP contribution in [0.5, 0.6) is 5.88 Å². The van der Waals surface area contributed by atoms with Crippen molar-refractivity contribution in [2.45, 2.75) is 11.5 Å². The SMILES string of the molecule is CSc1cnc(OCc2ccccc2)cc1I. The van der Waals surface area contributed by atoms with Crippen LogP contribution in [-0.4, -0.2) is 11.2 Å². The van der Waals surface area contributed by atoms with E-state index in [4.69, 9.17) is 4.74 Å². The van der Waals surface area contributed by atoms with Gasteiger partial charge < -0.3 is 4.74 Å². The van der Waals surface area contributed by atoms with Crippen molar-refractivity contribution in [3.8, 4) is 5.88 Å². The number of nitrogens with zero attached hydrogens (tertiary/aromatic N) is 1. The molecule has 0 aliphatic heterocycles. The lowest BCUT2D eigenvalue weighted by molar-refractivity contribution is 0.293. The molecule has 4 heteroatoms. The van der Waals surface area contributed by atoms with Crippen molar-refractivity contribution in [3.63, 3.8) is 0 Å². The molecule has 0 atom stereocenters. The number of benzene rings is 1. The number of aromatic nitrogens is 1. The van der Waals surface area contributed by atoms with Crippen molar-refractivity contribution in [1.29, 1.82) is 0 Å². The van der Waals surface area contributed by atoms with Crippen LogP contribution in [0.1, 0.15) is 5.56 Å². The molecular weight excluding hydrogens is 345 g/mol. The van der Waals surface area contributed by atoms with Crippen LogP contribution in [0.4, 0.5) is 0 Å².